The Morgan fingerprint density at radius 3 is 2.85 bits per heavy atom. The van der Waals surface area contributed by atoms with E-state index in [0.717, 1.165) is 38.4 Å². The highest BCUT2D eigenvalue weighted by Gasteiger charge is 2.47. The lowest BCUT2D eigenvalue weighted by Crippen LogP contribution is -2.30. The Kier molecular flexibility index (Phi) is 4.11. The molecule has 0 spiro atoms. The van der Waals surface area contributed by atoms with Crippen LogP contribution in [0.4, 0.5) is 0 Å². The molecule has 1 saturated heterocycles. The van der Waals surface area contributed by atoms with Gasteiger partial charge in [-0.25, -0.2) is 0 Å². The monoisotopic (exact) mass is 280 g/mol. The molecule has 3 rings (SSSR count). The Morgan fingerprint density at radius 2 is 2.05 bits per heavy atom. The van der Waals surface area contributed by atoms with Crippen LogP contribution in [0.2, 0.25) is 0 Å². The summed E-state index contributed by atoms with van der Waals surface area (Å²) < 4.78 is 11.1. The molecule has 2 aliphatic carbocycles. The topological polar surface area (TPSA) is 55.9 Å². The Bertz CT molecular complexity index is 381. The van der Waals surface area contributed by atoms with E-state index in [0.29, 0.717) is 37.1 Å². The second-order valence-corrected chi connectivity index (χ2v) is 6.81. The first kappa shape index (κ1) is 14.1. The molecule has 0 aromatic rings. The first-order chi connectivity index (χ1) is 9.67. The van der Waals surface area contributed by atoms with Crippen molar-refractivity contribution in [3.63, 3.8) is 0 Å². The van der Waals surface area contributed by atoms with E-state index in [4.69, 9.17) is 9.47 Å². The molecule has 1 heterocycles. The summed E-state index contributed by atoms with van der Waals surface area (Å²) in [6.45, 7) is 2.74. The van der Waals surface area contributed by atoms with Gasteiger partial charge in [0.15, 0.2) is 0 Å². The van der Waals surface area contributed by atoms with Crippen molar-refractivity contribution in [1.82, 2.24) is 0 Å². The molecule has 0 bridgehead atoms. The molecule has 112 valence electrons. The van der Waals surface area contributed by atoms with Crippen LogP contribution in [0.5, 0.6) is 0 Å². The average Bonchev–Trinajstić information content (AvgIpc) is 3.22. The number of hydrogen-bond donors (Lipinski definition) is 0. The minimum atomic E-state index is -0.0948. The summed E-state index contributed by atoms with van der Waals surface area (Å²) in [6.07, 6.45) is 7.45. The quantitative estimate of drug-likeness (QED) is 0.450. The fourth-order valence-electron chi connectivity index (χ4n) is 3.79. The molecule has 6 unspecified atom stereocenters. The van der Waals surface area contributed by atoms with Crippen LogP contribution in [0.25, 0.3) is 0 Å². The van der Waals surface area contributed by atoms with Crippen LogP contribution in [0.1, 0.15) is 45.4 Å². The van der Waals surface area contributed by atoms with Crippen molar-refractivity contribution in [2.45, 2.75) is 57.7 Å². The van der Waals surface area contributed by atoms with Crippen LogP contribution >= 0.6 is 0 Å². The molecular weight excluding hydrogens is 256 g/mol. The van der Waals surface area contributed by atoms with Gasteiger partial charge in [-0.3, -0.25) is 4.79 Å². The number of esters is 1. The SMILES string of the molecule is CC1CC2OC2CC1COC(=O)C1CCCC(C=O)C1. The van der Waals surface area contributed by atoms with Crippen molar-refractivity contribution >= 4 is 12.3 Å². The van der Waals surface area contributed by atoms with Crippen molar-refractivity contribution in [2.24, 2.45) is 23.7 Å². The molecule has 3 aliphatic rings. The van der Waals surface area contributed by atoms with Crippen LogP contribution in [-0.4, -0.2) is 31.1 Å². The highest BCUT2D eigenvalue weighted by atomic mass is 16.6. The van der Waals surface area contributed by atoms with Gasteiger partial charge in [0.25, 0.3) is 0 Å². The maximum Gasteiger partial charge on any atom is 0.308 e. The average molecular weight is 280 g/mol. The molecule has 4 nitrogen and oxygen atoms in total. The van der Waals surface area contributed by atoms with E-state index in [-0.39, 0.29) is 17.8 Å². The lowest BCUT2D eigenvalue weighted by atomic mass is 9.80. The maximum atomic E-state index is 12.1. The number of hydrogen-bond acceptors (Lipinski definition) is 4. The van der Waals surface area contributed by atoms with Crippen LogP contribution < -0.4 is 0 Å². The van der Waals surface area contributed by atoms with Crippen molar-refractivity contribution < 1.29 is 19.1 Å². The second kappa shape index (κ2) is 5.84. The van der Waals surface area contributed by atoms with Gasteiger partial charge < -0.3 is 14.3 Å². The second-order valence-electron chi connectivity index (χ2n) is 6.81. The molecular formula is C16H24O4. The molecule has 0 aromatic heterocycles. The van der Waals surface area contributed by atoms with Crippen molar-refractivity contribution in [3.05, 3.63) is 0 Å². The van der Waals surface area contributed by atoms with Crippen molar-refractivity contribution in [1.29, 1.82) is 0 Å². The Labute approximate surface area is 120 Å². The minimum absolute atomic E-state index is 0.0514. The smallest absolute Gasteiger partial charge is 0.308 e. The lowest BCUT2D eigenvalue weighted by molar-refractivity contribution is -0.152. The van der Waals surface area contributed by atoms with Crippen LogP contribution in [-0.2, 0) is 19.1 Å². The maximum absolute atomic E-state index is 12.1. The van der Waals surface area contributed by atoms with E-state index in [9.17, 15) is 9.59 Å². The van der Waals surface area contributed by atoms with Gasteiger partial charge in [0.1, 0.15) is 6.29 Å². The fourth-order valence-corrected chi connectivity index (χ4v) is 3.79. The van der Waals surface area contributed by atoms with Crippen LogP contribution in [0, 0.1) is 23.7 Å². The third kappa shape index (κ3) is 3.05. The highest BCUT2D eigenvalue weighted by Crippen LogP contribution is 2.42. The molecule has 2 saturated carbocycles. The number of ether oxygens (including phenoxy) is 2. The summed E-state index contributed by atoms with van der Waals surface area (Å²) in [5.74, 6) is 0.898. The van der Waals surface area contributed by atoms with E-state index < -0.39 is 0 Å². The van der Waals surface area contributed by atoms with E-state index in [1.54, 1.807) is 0 Å². The summed E-state index contributed by atoms with van der Waals surface area (Å²) in [6, 6.07) is 0. The normalized spacial score (nSPS) is 43.5. The molecule has 6 atom stereocenters. The summed E-state index contributed by atoms with van der Waals surface area (Å²) >= 11 is 0. The first-order valence-electron chi connectivity index (χ1n) is 7.94. The highest BCUT2D eigenvalue weighted by molar-refractivity contribution is 5.73. The third-order valence-corrected chi connectivity index (χ3v) is 5.31. The molecule has 0 N–H and O–H groups in total. The Hall–Kier alpha value is -0.900. The number of carbonyl (C=O) groups is 2. The van der Waals surface area contributed by atoms with Gasteiger partial charge in [0, 0.05) is 5.92 Å². The number of epoxide rings is 1. The van der Waals surface area contributed by atoms with E-state index in [1.165, 1.54) is 0 Å². The van der Waals surface area contributed by atoms with E-state index >= 15 is 0 Å². The Balaban J connectivity index is 1.45. The first-order valence-corrected chi connectivity index (χ1v) is 7.94. The molecule has 1 aliphatic heterocycles. The van der Waals surface area contributed by atoms with Gasteiger partial charge in [-0.1, -0.05) is 13.3 Å². The van der Waals surface area contributed by atoms with Gasteiger partial charge in [-0.2, -0.15) is 0 Å². The Morgan fingerprint density at radius 1 is 1.25 bits per heavy atom. The van der Waals surface area contributed by atoms with Gasteiger partial charge in [0.05, 0.1) is 24.7 Å². The standard InChI is InChI=1S/C16H24O4/c1-10-5-14-15(20-14)7-13(10)9-19-16(18)12-4-2-3-11(6-12)8-17/h8,10-15H,2-7,9H2,1H3. The lowest BCUT2D eigenvalue weighted by Gasteiger charge is -2.28. The van der Waals surface area contributed by atoms with Gasteiger partial charge in [-0.05, 0) is 43.9 Å². The largest absolute Gasteiger partial charge is 0.465 e. The zero-order valence-corrected chi connectivity index (χ0v) is 12.1. The molecule has 0 radical (unpaired) electrons. The van der Waals surface area contributed by atoms with Crippen molar-refractivity contribution in [3.8, 4) is 0 Å². The van der Waals surface area contributed by atoms with Gasteiger partial charge >= 0.3 is 5.97 Å². The van der Waals surface area contributed by atoms with E-state index in [2.05, 4.69) is 6.92 Å². The number of rotatable bonds is 4. The van der Waals surface area contributed by atoms with Crippen molar-refractivity contribution in [2.75, 3.05) is 6.61 Å². The van der Waals surface area contributed by atoms with Gasteiger partial charge in [0.2, 0.25) is 0 Å². The fraction of sp³-hybridized carbons (Fsp3) is 0.875. The predicted octanol–water partition coefficient (Wildman–Crippen LogP) is 2.35. The van der Waals surface area contributed by atoms with Gasteiger partial charge in [-0.15, -0.1) is 0 Å². The number of fused-ring (bicyclic) bond motifs is 1. The molecule has 4 heteroatoms. The summed E-state index contributed by atoms with van der Waals surface area (Å²) in [4.78, 5) is 23.0. The summed E-state index contributed by atoms with van der Waals surface area (Å²) in [7, 11) is 0. The summed E-state index contributed by atoms with van der Waals surface area (Å²) in [5, 5.41) is 0. The zero-order chi connectivity index (χ0) is 14.1. The molecule has 0 aromatic carbocycles. The van der Waals surface area contributed by atoms with E-state index in [1.807, 2.05) is 0 Å². The third-order valence-electron chi connectivity index (χ3n) is 5.31. The van der Waals surface area contributed by atoms with Crippen LogP contribution in [0.3, 0.4) is 0 Å². The van der Waals surface area contributed by atoms with Crippen LogP contribution in [0.15, 0.2) is 0 Å². The predicted molar refractivity (Wildman–Crippen MR) is 73.0 cm³/mol. The minimum Gasteiger partial charge on any atom is -0.465 e. The number of aldehydes is 1. The number of carbonyl (C=O) groups excluding carboxylic acids is 2. The molecule has 3 fully saturated rings. The summed E-state index contributed by atoms with van der Waals surface area (Å²) in [5.41, 5.74) is 0. The molecule has 20 heavy (non-hydrogen) atoms. The molecule has 0 amide bonds. The zero-order valence-electron chi connectivity index (χ0n) is 12.1.